The summed E-state index contributed by atoms with van der Waals surface area (Å²) in [7, 11) is 0. The zero-order valence-electron chi connectivity index (χ0n) is 4.20. The van der Waals surface area contributed by atoms with Gasteiger partial charge in [0.05, 0.1) is 0 Å². The van der Waals surface area contributed by atoms with E-state index in [0.29, 0.717) is 0 Å². The predicted molar refractivity (Wildman–Crippen MR) is 33.2 cm³/mol. The maximum atomic E-state index is 11.9. The van der Waals surface area contributed by atoms with Crippen molar-refractivity contribution in [3.63, 3.8) is 0 Å². The van der Waals surface area contributed by atoms with E-state index in [1.807, 2.05) is 0 Å². The molecular weight excluding hydrogens is 159 g/mol. The minimum Gasteiger partial charge on any atom is -0.234 e. The largest absolute Gasteiger partial charge is 0.234 e. The molecule has 2 heteroatoms. The fourth-order valence-corrected chi connectivity index (χ4v) is 0.319. The minimum atomic E-state index is -0.940. The van der Waals surface area contributed by atoms with Crippen LogP contribution in [-0.4, -0.2) is 5.08 Å². The van der Waals surface area contributed by atoms with Crippen molar-refractivity contribution >= 4 is 15.9 Å². The first-order valence-corrected chi connectivity index (χ1v) is 3.00. The molecule has 0 fully saturated rings. The topological polar surface area (TPSA) is 0 Å². The van der Waals surface area contributed by atoms with Crippen LogP contribution in [-0.2, 0) is 0 Å². The molecule has 0 aromatic rings. The third kappa shape index (κ3) is 2.80. The molecule has 0 amide bonds. The van der Waals surface area contributed by atoms with Crippen LogP contribution in [0.2, 0.25) is 0 Å². The van der Waals surface area contributed by atoms with Gasteiger partial charge < -0.3 is 0 Å². The maximum Gasteiger partial charge on any atom is 0.160 e. The molecule has 0 heterocycles. The van der Waals surface area contributed by atoms with E-state index >= 15 is 0 Å². The normalized spacial score (nSPS) is 18.1. The van der Waals surface area contributed by atoms with Crippen LogP contribution in [0, 0.1) is 5.92 Å². The highest BCUT2D eigenvalue weighted by Crippen LogP contribution is 2.13. The summed E-state index contributed by atoms with van der Waals surface area (Å²) in [5.74, 6) is -0.0833. The molecule has 0 aromatic carbocycles. The molecule has 0 aromatic heterocycles. The van der Waals surface area contributed by atoms with Crippen molar-refractivity contribution in [1.82, 2.24) is 0 Å². The second-order valence-electron chi connectivity index (χ2n) is 1.43. The van der Waals surface area contributed by atoms with Gasteiger partial charge in [-0.25, -0.2) is 4.39 Å². The molecule has 0 radical (unpaired) electrons. The van der Waals surface area contributed by atoms with Crippen LogP contribution in [0.1, 0.15) is 6.92 Å². The van der Waals surface area contributed by atoms with Gasteiger partial charge in [-0.15, -0.1) is 6.58 Å². The Morgan fingerprint density at radius 3 is 2.29 bits per heavy atom. The third-order valence-electron chi connectivity index (χ3n) is 0.769. The highest BCUT2D eigenvalue weighted by Gasteiger charge is 2.05. The van der Waals surface area contributed by atoms with E-state index in [4.69, 9.17) is 0 Å². The van der Waals surface area contributed by atoms with E-state index in [0.717, 1.165) is 0 Å². The van der Waals surface area contributed by atoms with Gasteiger partial charge in [0.25, 0.3) is 0 Å². The summed E-state index contributed by atoms with van der Waals surface area (Å²) in [6, 6.07) is 0. The molecule has 0 rings (SSSR count). The van der Waals surface area contributed by atoms with Gasteiger partial charge in [0.1, 0.15) is 0 Å². The molecule has 0 saturated carbocycles. The van der Waals surface area contributed by atoms with E-state index in [-0.39, 0.29) is 5.92 Å². The van der Waals surface area contributed by atoms with Crippen LogP contribution in [0.15, 0.2) is 12.7 Å². The summed E-state index contributed by atoms with van der Waals surface area (Å²) in [6.45, 7) is 5.17. The zero-order chi connectivity index (χ0) is 5.86. The van der Waals surface area contributed by atoms with Crippen molar-refractivity contribution in [3.05, 3.63) is 12.7 Å². The summed E-state index contributed by atoms with van der Waals surface area (Å²) >= 11 is 2.76. The van der Waals surface area contributed by atoms with Crippen molar-refractivity contribution in [2.45, 2.75) is 12.0 Å². The minimum absolute atomic E-state index is 0.0833. The lowest BCUT2D eigenvalue weighted by Gasteiger charge is -2.01. The molecule has 2 unspecified atom stereocenters. The van der Waals surface area contributed by atoms with E-state index in [2.05, 4.69) is 22.5 Å². The van der Waals surface area contributed by atoms with Crippen LogP contribution in [0.5, 0.6) is 0 Å². The first-order valence-electron chi connectivity index (χ1n) is 2.09. The fourth-order valence-electron chi connectivity index (χ4n) is 0.103. The number of alkyl halides is 2. The second-order valence-corrected chi connectivity index (χ2v) is 2.30. The lowest BCUT2D eigenvalue weighted by Crippen LogP contribution is -1.98. The molecular formula is C5H8BrF. The molecule has 0 N–H and O–H groups in total. The summed E-state index contributed by atoms with van der Waals surface area (Å²) in [5, 5.41) is -0.940. The van der Waals surface area contributed by atoms with Crippen LogP contribution >= 0.6 is 15.9 Å². The van der Waals surface area contributed by atoms with E-state index in [1.165, 1.54) is 0 Å². The summed E-state index contributed by atoms with van der Waals surface area (Å²) in [4.78, 5) is 0. The molecule has 7 heavy (non-hydrogen) atoms. The molecule has 0 bridgehead atoms. The Hall–Kier alpha value is 0.150. The monoisotopic (exact) mass is 166 g/mol. The molecule has 0 aliphatic heterocycles. The first-order chi connectivity index (χ1) is 3.18. The Balaban J connectivity index is 3.33. The van der Waals surface area contributed by atoms with E-state index in [9.17, 15) is 4.39 Å². The Kier molecular flexibility index (Phi) is 3.26. The first kappa shape index (κ1) is 7.15. The number of allylic oxidation sites excluding steroid dienone is 1. The fraction of sp³-hybridized carbons (Fsp3) is 0.600. The Labute approximate surface area is 51.5 Å². The Morgan fingerprint density at radius 2 is 2.29 bits per heavy atom. The van der Waals surface area contributed by atoms with Crippen molar-refractivity contribution in [2.75, 3.05) is 0 Å². The van der Waals surface area contributed by atoms with Gasteiger partial charge in [-0.1, -0.05) is 28.9 Å². The van der Waals surface area contributed by atoms with Crippen LogP contribution in [0.4, 0.5) is 4.39 Å². The van der Waals surface area contributed by atoms with Gasteiger partial charge in [0.15, 0.2) is 5.08 Å². The third-order valence-corrected chi connectivity index (χ3v) is 1.60. The molecule has 0 saturated heterocycles. The number of hydrogen-bond acceptors (Lipinski definition) is 0. The van der Waals surface area contributed by atoms with Gasteiger partial charge in [-0.05, 0) is 0 Å². The molecule has 0 nitrogen and oxygen atoms in total. The second kappa shape index (κ2) is 3.19. The van der Waals surface area contributed by atoms with Gasteiger partial charge in [0.2, 0.25) is 0 Å². The summed E-state index contributed by atoms with van der Waals surface area (Å²) in [5.41, 5.74) is 0. The molecule has 0 aliphatic rings. The molecule has 0 spiro atoms. The Morgan fingerprint density at radius 1 is 1.86 bits per heavy atom. The van der Waals surface area contributed by atoms with Gasteiger partial charge >= 0.3 is 0 Å². The van der Waals surface area contributed by atoms with Crippen LogP contribution in [0.25, 0.3) is 0 Å². The number of hydrogen-bond donors (Lipinski definition) is 0. The molecule has 42 valence electrons. The average Bonchev–Trinajstić information content (AvgIpc) is 1.65. The van der Waals surface area contributed by atoms with E-state index in [1.54, 1.807) is 13.0 Å². The van der Waals surface area contributed by atoms with Crippen LogP contribution in [0.3, 0.4) is 0 Å². The van der Waals surface area contributed by atoms with Gasteiger partial charge in [0, 0.05) is 5.92 Å². The van der Waals surface area contributed by atoms with E-state index < -0.39 is 5.08 Å². The average molecular weight is 167 g/mol. The lowest BCUT2D eigenvalue weighted by molar-refractivity contribution is 0.396. The highest BCUT2D eigenvalue weighted by molar-refractivity contribution is 9.09. The smallest absolute Gasteiger partial charge is 0.160 e. The maximum absolute atomic E-state index is 11.9. The van der Waals surface area contributed by atoms with Crippen molar-refractivity contribution in [1.29, 1.82) is 0 Å². The summed E-state index contributed by atoms with van der Waals surface area (Å²) < 4.78 is 11.9. The number of halogens is 2. The highest BCUT2D eigenvalue weighted by atomic mass is 79.9. The van der Waals surface area contributed by atoms with Crippen molar-refractivity contribution in [2.24, 2.45) is 5.92 Å². The predicted octanol–water partition coefficient (Wildman–Crippen LogP) is 2.50. The summed E-state index contributed by atoms with van der Waals surface area (Å²) in [6.07, 6.45) is 1.57. The van der Waals surface area contributed by atoms with Crippen LogP contribution < -0.4 is 0 Å². The quantitative estimate of drug-likeness (QED) is 0.437. The molecule has 2 atom stereocenters. The van der Waals surface area contributed by atoms with Gasteiger partial charge in [-0.2, -0.15) is 0 Å². The standard InChI is InChI=1S/C5H8BrF/c1-3-4(2)5(6)7/h3-5H,1H2,2H3. The van der Waals surface area contributed by atoms with Crippen molar-refractivity contribution < 1.29 is 4.39 Å². The lowest BCUT2D eigenvalue weighted by atomic mass is 10.2. The number of rotatable bonds is 2. The Bertz CT molecular complexity index is 61.1. The van der Waals surface area contributed by atoms with Crippen molar-refractivity contribution in [3.8, 4) is 0 Å². The SMILES string of the molecule is C=CC(C)C(F)Br. The molecule has 0 aliphatic carbocycles. The van der Waals surface area contributed by atoms with Gasteiger partial charge in [-0.3, -0.25) is 0 Å². The zero-order valence-corrected chi connectivity index (χ0v) is 5.78.